The van der Waals surface area contributed by atoms with Crippen molar-refractivity contribution in [2.24, 2.45) is 0 Å². The van der Waals surface area contributed by atoms with Gasteiger partial charge in [0.05, 0.1) is 13.2 Å². The van der Waals surface area contributed by atoms with Gasteiger partial charge in [0.15, 0.2) is 0 Å². The molecule has 2 aromatic carbocycles. The van der Waals surface area contributed by atoms with E-state index in [9.17, 15) is 5.11 Å². The van der Waals surface area contributed by atoms with Gasteiger partial charge in [0.1, 0.15) is 5.75 Å². The van der Waals surface area contributed by atoms with Crippen molar-refractivity contribution in [2.75, 3.05) is 7.11 Å². The molecular weight excluding hydrogens is 372 g/mol. The molecule has 0 bridgehead atoms. The van der Waals surface area contributed by atoms with Crippen LogP contribution >= 0.6 is 31.9 Å². The summed E-state index contributed by atoms with van der Waals surface area (Å²) in [7, 11) is 1.61. The summed E-state index contributed by atoms with van der Waals surface area (Å²) in [6, 6.07) is 13.6. The topological polar surface area (TPSA) is 29.5 Å². The molecule has 0 spiro atoms. The number of hydrogen-bond donors (Lipinski definition) is 1. The van der Waals surface area contributed by atoms with Crippen molar-refractivity contribution < 1.29 is 9.84 Å². The Labute approximate surface area is 129 Å². The predicted molar refractivity (Wildman–Crippen MR) is 83.5 cm³/mol. The number of halogens is 2. The van der Waals surface area contributed by atoms with Crippen LogP contribution in [0.2, 0.25) is 0 Å². The SMILES string of the molecule is COc1cc(Br)ccc1C(O)Cc1ccc(Br)cc1. The van der Waals surface area contributed by atoms with Gasteiger partial charge in [-0.2, -0.15) is 0 Å². The van der Waals surface area contributed by atoms with E-state index in [1.165, 1.54) is 0 Å². The Hall–Kier alpha value is -0.840. The molecule has 0 aromatic heterocycles. The number of rotatable bonds is 4. The fourth-order valence-corrected chi connectivity index (χ4v) is 2.52. The molecule has 0 aliphatic heterocycles. The second kappa shape index (κ2) is 6.55. The summed E-state index contributed by atoms with van der Waals surface area (Å²) in [4.78, 5) is 0. The molecule has 4 heteroatoms. The van der Waals surface area contributed by atoms with Gasteiger partial charge in [-0.05, 0) is 29.8 Å². The van der Waals surface area contributed by atoms with Crippen LogP contribution in [0.1, 0.15) is 17.2 Å². The molecular formula is C15H14Br2O2. The van der Waals surface area contributed by atoms with Crippen LogP contribution in [0, 0.1) is 0 Å². The maximum Gasteiger partial charge on any atom is 0.125 e. The fraction of sp³-hybridized carbons (Fsp3) is 0.200. The van der Waals surface area contributed by atoms with Gasteiger partial charge in [-0.15, -0.1) is 0 Å². The number of ether oxygens (including phenoxy) is 1. The monoisotopic (exact) mass is 384 g/mol. The average molecular weight is 386 g/mol. The largest absolute Gasteiger partial charge is 0.496 e. The van der Waals surface area contributed by atoms with E-state index in [0.29, 0.717) is 12.2 Å². The Morgan fingerprint density at radius 3 is 2.32 bits per heavy atom. The zero-order valence-electron chi connectivity index (χ0n) is 10.4. The van der Waals surface area contributed by atoms with E-state index in [1.54, 1.807) is 7.11 Å². The predicted octanol–water partition coefficient (Wildman–Crippen LogP) is 4.50. The lowest BCUT2D eigenvalue weighted by atomic mass is 10.0. The summed E-state index contributed by atoms with van der Waals surface area (Å²) in [6.45, 7) is 0. The van der Waals surface area contributed by atoms with Gasteiger partial charge in [0.25, 0.3) is 0 Å². The Kier molecular flexibility index (Phi) is 5.02. The van der Waals surface area contributed by atoms with E-state index in [2.05, 4.69) is 31.9 Å². The van der Waals surface area contributed by atoms with E-state index >= 15 is 0 Å². The smallest absolute Gasteiger partial charge is 0.125 e. The van der Waals surface area contributed by atoms with Gasteiger partial charge in [-0.25, -0.2) is 0 Å². The summed E-state index contributed by atoms with van der Waals surface area (Å²) in [5.74, 6) is 0.694. The highest BCUT2D eigenvalue weighted by molar-refractivity contribution is 9.10. The third-order valence-electron chi connectivity index (χ3n) is 2.90. The Morgan fingerprint density at radius 1 is 1.05 bits per heavy atom. The lowest BCUT2D eigenvalue weighted by Crippen LogP contribution is -2.04. The van der Waals surface area contributed by atoms with E-state index in [-0.39, 0.29) is 0 Å². The molecule has 0 radical (unpaired) electrons. The molecule has 100 valence electrons. The number of aliphatic hydroxyl groups excluding tert-OH is 1. The third-order valence-corrected chi connectivity index (χ3v) is 3.92. The zero-order valence-corrected chi connectivity index (χ0v) is 13.6. The van der Waals surface area contributed by atoms with Crippen LogP contribution in [0.25, 0.3) is 0 Å². The maximum atomic E-state index is 10.3. The van der Waals surface area contributed by atoms with Crippen molar-refractivity contribution in [1.29, 1.82) is 0 Å². The molecule has 2 aromatic rings. The fourth-order valence-electron chi connectivity index (χ4n) is 1.91. The molecule has 2 rings (SSSR count). The molecule has 0 aliphatic carbocycles. The molecule has 0 saturated heterocycles. The first kappa shape index (κ1) is 14.6. The molecule has 1 N–H and O–H groups in total. The van der Waals surface area contributed by atoms with E-state index in [0.717, 1.165) is 20.1 Å². The minimum atomic E-state index is -0.579. The summed E-state index contributed by atoms with van der Waals surface area (Å²) in [5, 5.41) is 10.3. The number of aliphatic hydroxyl groups is 1. The second-order valence-electron chi connectivity index (χ2n) is 4.23. The zero-order chi connectivity index (χ0) is 13.8. The third kappa shape index (κ3) is 3.81. The van der Waals surface area contributed by atoms with Crippen molar-refractivity contribution in [1.82, 2.24) is 0 Å². The Morgan fingerprint density at radius 2 is 1.68 bits per heavy atom. The summed E-state index contributed by atoms with van der Waals surface area (Å²) >= 11 is 6.79. The van der Waals surface area contributed by atoms with Gasteiger partial charge >= 0.3 is 0 Å². The van der Waals surface area contributed by atoms with Crippen LogP contribution in [0.15, 0.2) is 51.4 Å². The van der Waals surface area contributed by atoms with Crippen LogP contribution in [-0.4, -0.2) is 12.2 Å². The number of benzene rings is 2. The van der Waals surface area contributed by atoms with Gasteiger partial charge in [-0.3, -0.25) is 0 Å². The van der Waals surface area contributed by atoms with E-state index in [1.807, 2.05) is 42.5 Å². The van der Waals surface area contributed by atoms with Crippen LogP contribution in [0.3, 0.4) is 0 Å². The van der Waals surface area contributed by atoms with Crippen molar-refractivity contribution in [3.63, 3.8) is 0 Å². The minimum Gasteiger partial charge on any atom is -0.496 e. The summed E-state index contributed by atoms with van der Waals surface area (Å²) in [6.07, 6.45) is -0.0186. The molecule has 0 fully saturated rings. The Bertz CT molecular complexity index is 553. The summed E-state index contributed by atoms with van der Waals surface area (Å²) < 4.78 is 7.28. The van der Waals surface area contributed by atoms with E-state index < -0.39 is 6.10 Å². The van der Waals surface area contributed by atoms with Crippen molar-refractivity contribution >= 4 is 31.9 Å². The minimum absolute atomic E-state index is 0.561. The normalized spacial score (nSPS) is 12.2. The van der Waals surface area contributed by atoms with Crippen LogP contribution in [-0.2, 0) is 6.42 Å². The molecule has 0 amide bonds. The highest BCUT2D eigenvalue weighted by Gasteiger charge is 2.14. The molecule has 1 atom stereocenters. The first-order valence-corrected chi connectivity index (χ1v) is 7.44. The van der Waals surface area contributed by atoms with Crippen molar-refractivity contribution in [3.8, 4) is 5.75 Å². The standard InChI is InChI=1S/C15H14Br2O2/c1-19-15-9-12(17)6-7-13(15)14(18)8-10-2-4-11(16)5-3-10/h2-7,9,14,18H,8H2,1H3. The first-order chi connectivity index (χ1) is 9.10. The Balaban J connectivity index is 2.19. The van der Waals surface area contributed by atoms with Crippen LogP contribution < -0.4 is 4.74 Å². The first-order valence-electron chi connectivity index (χ1n) is 5.86. The van der Waals surface area contributed by atoms with Gasteiger partial charge in [0, 0.05) is 20.9 Å². The van der Waals surface area contributed by atoms with Gasteiger partial charge in [0.2, 0.25) is 0 Å². The average Bonchev–Trinajstić information content (AvgIpc) is 2.41. The van der Waals surface area contributed by atoms with Crippen LogP contribution in [0.4, 0.5) is 0 Å². The lowest BCUT2D eigenvalue weighted by Gasteiger charge is -2.15. The van der Waals surface area contributed by atoms with E-state index in [4.69, 9.17) is 4.74 Å². The van der Waals surface area contributed by atoms with Crippen molar-refractivity contribution in [3.05, 3.63) is 62.5 Å². The number of hydrogen-bond acceptors (Lipinski definition) is 2. The van der Waals surface area contributed by atoms with Gasteiger partial charge in [-0.1, -0.05) is 50.1 Å². The highest BCUT2D eigenvalue weighted by atomic mass is 79.9. The molecule has 0 aliphatic rings. The highest BCUT2D eigenvalue weighted by Crippen LogP contribution is 2.30. The molecule has 0 heterocycles. The maximum absolute atomic E-state index is 10.3. The quantitative estimate of drug-likeness (QED) is 0.839. The summed E-state index contributed by atoms with van der Waals surface area (Å²) in [5.41, 5.74) is 1.88. The van der Waals surface area contributed by atoms with Gasteiger partial charge < -0.3 is 9.84 Å². The van der Waals surface area contributed by atoms with Crippen molar-refractivity contribution in [2.45, 2.75) is 12.5 Å². The lowest BCUT2D eigenvalue weighted by molar-refractivity contribution is 0.174. The molecule has 2 nitrogen and oxygen atoms in total. The molecule has 19 heavy (non-hydrogen) atoms. The van der Waals surface area contributed by atoms with Crippen LogP contribution in [0.5, 0.6) is 5.75 Å². The molecule has 0 saturated carbocycles. The molecule has 1 unspecified atom stereocenters. The second-order valence-corrected chi connectivity index (χ2v) is 6.06. The number of methoxy groups -OCH3 is 1.